The quantitative estimate of drug-likeness (QED) is 0.548. The van der Waals surface area contributed by atoms with E-state index >= 15 is 0 Å². The molecule has 0 saturated heterocycles. The van der Waals surface area contributed by atoms with E-state index in [2.05, 4.69) is 23.5 Å². The molecule has 0 fully saturated rings. The van der Waals surface area contributed by atoms with E-state index < -0.39 is 0 Å². The Hall–Kier alpha value is -3.52. The molecule has 8 nitrogen and oxygen atoms in total. The fourth-order valence-corrected chi connectivity index (χ4v) is 5.45. The minimum atomic E-state index is 0.0339. The summed E-state index contributed by atoms with van der Waals surface area (Å²) < 4.78 is 18.3. The first-order valence-corrected chi connectivity index (χ1v) is 12.5. The fraction of sp³-hybridized carbons (Fsp3) is 0.429. The summed E-state index contributed by atoms with van der Waals surface area (Å²) in [5.74, 6) is 1.90. The van der Waals surface area contributed by atoms with Crippen molar-refractivity contribution in [3.63, 3.8) is 0 Å². The number of fused-ring (bicyclic) bond motifs is 2. The van der Waals surface area contributed by atoms with Gasteiger partial charge in [-0.1, -0.05) is 24.3 Å². The molecule has 2 aliphatic rings. The van der Waals surface area contributed by atoms with Gasteiger partial charge in [-0.25, -0.2) is 0 Å². The number of methoxy groups -OCH3 is 3. The molecule has 1 atom stereocenters. The Labute approximate surface area is 212 Å². The Morgan fingerprint density at radius 2 is 1.78 bits per heavy atom. The van der Waals surface area contributed by atoms with Gasteiger partial charge in [0.1, 0.15) is 0 Å². The number of carbonyl (C=O) groups is 1. The van der Waals surface area contributed by atoms with Gasteiger partial charge < -0.3 is 24.4 Å². The maximum atomic E-state index is 13.6. The van der Waals surface area contributed by atoms with E-state index in [1.165, 1.54) is 16.8 Å². The van der Waals surface area contributed by atoms with Gasteiger partial charge in [-0.3, -0.25) is 9.48 Å². The van der Waals surface area contributed by atoms with Crippen molar-refractivity contribution in [3.05, 3.63) is 70.0 Å². The van der Waals surface area contributed by atoms with Gasteiger partial charge in [-0.05, 0) is 54.5 Å². The number of nitrogens with zero attached hydrogens (tertiary/aromatic N) is 3. The topological polar surface area (TPSA) is 77.9 Å². The predicted octanol–water partition coefficient (Wildman–Crippen LogP) is 3.29. The number of carbonyl (C=O) groups excluding carboxylic acids is 1. The summed E-state index contributed by atoms with van der Waals surface area (Å²) in [5.41, 5.74) is 6.46. The molecule has 1 aliphatic carbocycles. The Morgan fingerprint density at radius 3 is 2.47 bits per heavy atom. The van der Waals surface area contributed by atoms with E-state index in [1.54, 1.807) is 21.3 Å². The second-order valence-electron chi connectivity index (χ2n) is 9.50. The standard InChI is InChI=1S/C28H34N4O4/c1-31-23-10-9-21(29-16-18-13-24(34-2)27(36-4)25(14-18)35-3)15-22(23)26(30-31)28(33)32-12-11-19-7-5-6-8-20(19)17-32/h5-8,13-14,21,29H,9-12,15-17H2,1-4H3. The molecule has 0 radical (unpaired) electrons. The number of hydrogen-bond donors (Lipinski definition) is 1. The summed E-state index contributed by atoms with van der Waals surface area (Å²) in [7, 11) is 6.80. The molecule has 1 N–H and O–H groups in total. The van der Waals surface area contributed by atoms with Gasteiger partial charge in [0, 0.05) is 44.0 Å². The summed E-state index contributed by atoms with van der Waals surface area (Å²) in [6.45, 7) is 2.02. The van der Waals surface area contributed by atoms with Crippen molar-refractivity contribution < 1.29 is 19.0 Å². The molecule has 1 aliphatic heterocycles. The van der Waals surface area contributed by atoms with Gasteiger partial charge in [0.05, 0.1) is 21.3 Å². The van der Waals surface area contributed by atoms with Crippen molar-refractivity contribution in [1.82, 2.24) is 20.0 Å². The molecule has 1 amide bonds. The highest BCUT2D eigenvalue weighted by Crippen LogP contribution is 2.38. The van der Waals surface area contributed by atoms with E-state index in [0.29, 0.717) is 36.0 Å². The van der Waals surface area contributed by atoms with Crippen LogP contribution < -0.4 is 19.5 Å². The molecule has 3 aromatic rings. The molecule has 0 spiro atoms. The van der Waals surface area contributed by atoms with Crippen LogP contribution in [0.15, 0.2) is 36.4 Å². The maximum Gasteiger partial charge on any atom is 0.274 e. The average molecular weight is 491 g/mol. The number of rotatable bonds is 7. The number of aryl methyl sites for hydroxylation is 1. The van der Waals surface area contributed by atoms with Gasteiger partial charge in [-0.15, -0.1) is 0 Å². The molecule has 190 valence electrons. The first-order chi connectivity index (χ1) is 17.5. The summed E-state index contributed by atoms with van der Waals surface area (Å²) in [6.07, 6.45) is 3.54. The highest BCUT2D eigenvalue weighted by Gasteiger charge is 2.31. The average Bonchev–Trinajstić information content (AvgIpc) is 3.25. The number of nitrogens with one attached hydrogen (secondary N) is 1. The third kappa shape index (κ3) is 4.53. The van der Waals surface area contributed by atoms with Crippen LogP contribution in [-0.4, -0.2) is 54.5 Å². The first kappa shape index (κ1) is 24.2. The number of ether oxygens (including phenoxy) is 3. The van der Waals surface area contributed by atoms with Crippen molar-refractivity contribution in [2.75, 3.05) is 27.9 Å². The third-order valence-corrected chi connectivity index (χ3v) is 7.39. The lowest BCUT2D eigenvalue weighted by Crippen LogP contribution is -2.38. The predicted molar refractivity (Wildman–Crippen MR) is 137 cm³/mol. The highest BCUT2D eigenvalue weighted by molar-refractivity contribution is 5.94. The second-order valence-corrected chi connectivity index (χ2v) is 9.50. The highest BCUT2D eigenvalue weighted by atomic mass is 16.5. The van der Waals surface area contributed by atoms with E-state index in [9.17, 15) is 4.79 Å². The molecule has 2 heterocycles. The van der Waals surface area contributed by atoms with Crippen LogP contribution in [0, 0.1) is 0 Å². The largest absolute Gasteiger partial charge is 0.493 e. The molecule has 36 heavy (non-hydrogen) atoms. The lowest BCUT2D eigenvalue weighted by molar-refractivity contribution is 0.0726. The van der Waals surface area contributed by atoms with Crippen LogP contribution in [-0.2, 0) is 39.4 Å². The molecule has 8 heteroatoms. The van der Waals surface area contributed by atoms with Crippen molar-refractivity contribution in [3.8, 4) is 17.2 Å². The molecule has 1 unspecified atom stereocenters. The van der Waals surface area contributed by atoms with Gasteiger partial charge in [0.25, 0.3) is 5.91 Å². The monoisotopic (exact) mass is 490 g/mol. The van der Waals surface area contributed by atoms with Crippen LogP contribution in [0.5, 0.6) is 17.2 Å². The van der Waals surface area contributed by atoms with Gasteiger partial charge in [0.2, 0.25) is 5.75 Å². The van der Waals surface area contributed by atoms with E-state index in [-0.39, 0.29) is 11.9 Å². The van der Waals surface area contributed by atoms with Crippen LogP contribution in [0.3, 0.4) is 0 Å². The second kappa shape index (κ2) is 10.2. The summed E-state index contributed by atoms with van der Waals surface area (Å²) in [5, 5.41) is 8.36. The van der Waals surface area contributed by atoms with Crippen LogP contribution in [0.2, 0.25) is 0 Å². The SMILES string of the molecule is COc1cc(CNC2CCc3c(c(C(=O)N4CCc5ccccc5C4)nn3C)C2)cc(OC)c1OC. The lowest BCUT2D eigenvalue weighted by atomic mass is 9.90. The molecule has 0 saturated carbocycles. The van der Waals surface area contributed by atoms with E-state index in [0.717, 1.165) is 43.4 Å². The fourth-order valence-electron chi connectivity index (χ4n) is 5.45. The van der Waals surface area contributed by atoms with Crippen molar-refractivity contribution in [1.29, 1.82) is 0 Å². The van der Waals surface area contributed by atoms with Crippen LogP contribution in [0.25, 0.3) is 0 Å². The lowest BCUT2D eigenvalue weighted by Gasteiger charge is -2.29. The van der Waals surface area contributed by atoms with Crippen molar-refractivity contribution in [2.24, 2.45) is 7.05 Å². The zero-order chi connectivity index (χ0) is 25.2. The summed E-state index contributed by atoms with van der Waals surface area (Å²) in [6, 6.07) is 12.6. The molecule has 2 aromatic carbocycles. The maximum absolute atomic E-state index is 13.6. The Kier molecular flexibility index (Phi) is 6.87. The molecule has 1 aromatic heterocycles. The third-order valence-electron chi connectivity index (χ3n) is 7.39. The number of hydrogen-bond acceptors (Lipinski definition) is 6. The molecular weight excluding hydrogens is 456 g/mol. The Bertz CT molecular complexity index is 1240. The van der Waals surface area contributed by atoms with Crippen LogP contribution >= 0.6 is 0 Å². The van der Waals surface area contributed by atoms with E-state index in [1.807, 2.05) is 34.8 Å². The number of benzene rings is 2. The Balaban J connectivity index is 1.30. The smallest absolute Gasteiger partial charge is 0.274 e. The van der Waals surface area contributed by atoms with Crippen LogP contribution in [0.4, 0.5) is 0 Å². The van der Waals surface area contributed by atoms with Gasteiger partial charge >= 0.3 is 0 Å². The molecular formula is C28H34N4O4. The number of amides is 1. The summed E-state index contributed by atoms with van der Waals surface area (Å²) >= 11 is 0. The first-order valence-electron chi connectivity index (χ1n) is 12.5. The van der Waals surface area contributed by atoms with Gasteiger partial charge in [0.15, 0.2) is 17.2 Å². The van der Waals surface area contributed by atoms with Crippen molar-refractivity contribution in [2.45, 2.75) is 44.8 Å². The molecule has 0 bridgehead atoms. The minimum Gasteiger partial charge on any atom is -0.493 e. The van der Waals surface area contributed by atoms with Crippen LogP contribution in [0.1, 0.15) is 44.9 Å². The zero-order valence-electron chi connectivity index (χ0n) is 21.5. The zero-order valence-corrected chi connectivity index (χ0v) is 21.5. The molecule has 5 rings (SSSR count). The Morgan fingerprint density at radius 1 is 1.06 bits per heavy atom. The van der Waals surface area contributed by atoms with Crippen molar-refractivity contribution >= 4 is 5.91 Å². The van der Waals surface area contributed by atoms with Gasteiger partial charge in [-0.2, -0.15) is 5.10 Å². The van der Waals surface area contributed by atoms with E-state index in [4.69, 9.17) is 19.3 Å². The summed E-state index contributed by atoms with van der Waals surface area (Å²) in [4.78, 5) is 15.5. The minimum absolute atomic E-state index is 0.0339. The normalized spacial score (nSPS) is 16.8. The number of aromatic nitrogens is 2.